The van der Waals surface area contributed by atoms with Gasteiger partial charge in [-0.1, -0.05) is 6.42 Å². The molecule has 0 amide bonds. The van der Waals surface area contributed by atoms with Gasteiger partial charge < -0.3 is 4.85 Å². The fourth-order valence-corrected chi connectivity index (χ4v) is 1.94. The lowest BCUT2D eigenvalue weighted by Crippen LogP contribution is -2.28. The number of isocyanates is 1. The smallest absolute Gasteiger partial charge is 0.234 e. The van der Waals surface area contributed by atoms with Crippen LogP contribution in [0.1, 0.15) is 38.5 Å². The summed E-state index contributed by atoms with van der Waals surface area (Å²) in [5, 5.41) is 0. The Bertz CT molecular complexity index is 242. The lowest BCUT2D eigenvalue weighted by atomic mass is 9.80. The molecule has 0 saturated heterocycles. The third-order valence-corrected chi connectivity index (χ3v) is 2.77. The highest BCUT2D eigenvalue weighted by Gasteiger charge is 2.37. The molecule has 1 aliphatic carbocycles. The van der Waals surface area contributed by atoms with Crippen LogP contribution in [0.15, 0.2) is 4.99 Å². The topological polar surface area (TPSA) is 33.8 Å². The van der Waals surface area contributed by atoms with Crippen LogP contribution in [-0.2, 0) is 4.79 Å². The first-order valence-electron chi connectivity index (χ1n) is 4.75. The fraction of sp³-hybridized carbons (Fsp3) is 0.800. The quantitative estimate of drug-likeness (QED) is 0.371. The van der Waals surface area contributed by atoms with Crippen molar-refractivity contribution in [1.82, 2.24) is 0 Å². The maximum absolute atomic E-state index is 9.87. The second-order valence-electron chi connectivity index (χ2n) is 3.62. The van der Waals surface area contributed by atoms with Gasteiger partial charge in [-0.3, -0.25) is 0 Å². The Kier molecular flexibility index (Phi) is 3.67. The Balaban J connectivity index is 2.48. The summed E-state index contributed by atoms with van der Waals surface area (Å²) in [6, 6.07) is 0. The highest BCUT2D eigenvalue weighted by Crippen LogP contribution is 2.34. The third kappa shape index (κ3) is 2.68. The Labute approximate surface area is 78.7 Å². The highest BCUT2D eigenvalue weighted by atomic mass is 16.1. The number of rotatable bonds is 3. The summed E-state index contributed by atoms with van der Waals surface area (Å²) in [5.41, 5.74) is -0.210. The molecule has 0 radical (unpaired) electrons. The van der Waals surface area contributed by atoms with Gasteiger partial charge in [0.1, 0.15) is 0 Å². The molecule has 0 aromatic carbocycles. The van der Waals surface area contributed by atoms with E-state index in [0.717, 1.165) is 32.1 Å². The Hall–Kier alpha value is -1.13. The molecule has 0 spiro atoms. The molecular formula is C10H14N2O. The van der Waals surface area contributed by atoms with Crippen molar-refractivity contribution in [2.75, 3.05) is 6.54 Å². The molecule has 1 fully saturated rings. The highest BCUT2D eigenvalue weighted by molar-refractivity contribution is 5.32. The standard InChI is InChI=1S/C10H14N2O/c1-11-10(7-8-12-9-13)5-3-2-4-6-10/h2-8H2. The van der Waals surface area contributed by atoms with Crippen LogP contribution >= 0.6 is 0 Å². The summed E-state index contributed by atoms with van der Waals surface area (Å²) in [7, 11) is 0. The van der Waals surface area contributed by atoms with Crippen molar-refractivity contribution in [2.45, 2.75) is 44.1 Å². The van der Waals surface area contributed by atoms with Crippen LogP contribution in [0.4, 0.5) is 0 Å². The van der Waals surface area contributed by atoms with E-state index in [9.17, 15) is 4.79 Å². The summed E-state index contributed by atoms with van der Waals surface area (Å²) in [6.45, 7) is 7.63. The van der Waals surface area contributed by atoms with Gasteiger partial charge in [-0.25, -0.2) is 16.4 Å². The van der Waals surface area contributed by atoms with E-state index in [4.69, 9.17) is 6.57 Å². The molecule has 1 saturated carbocycles. The van der Waals surface area contributed by atoms with Crippen LogP contribution in [0.25, 0.3) is 4.85 Å². The molecular weight excluding hydrogens is 164 g/mol. The van der Waals surface area contributed by atoms with Crippen molar-refractivity contribution in [1.29, 1.82) is 0 Å². The molecule has 1 aliphatic rings. The maximum Gasteiger partial charge on any atom is 0.234 e. The van der Waals surface area contributed by atoms with Gasteiger partial charge in [-0.2, -0.15) is 0 Å². The minimum absolute atomic E-state index is 0.210. The van der Waals surface area contributed by atoms with E-state index in [0.29, 0.717) is 6.54 Å². The number of carbonyl (C=O) groups excluding carboxylic acids is 1. The number of hydrogen-bond donors (Lipinski definition) is 0. The summed E-state index contributed by atoms with van der Waals surface area (Å²) in [4.78, 5) is 17.1. The first-order valence-corrected chi connectivity index (χ1v) is 4.75. The molecule has 70 valence electrons. The van der Waals surface area contributed by atoms with Gasteiger partial charge >= 0.3 is 0 Å². The molecule has 0 unspecified atom stereocenters. The van der Waals surface area contributed by atoms with Crippen molar-refractivity contribution in [3.05, 3.63) is 11.4 Å². The van der Waals surface area contributed by atoms with Gasteiger partial charge in [0.2, 0.25) is 11.6 Å². The van der Waals surface area contributed by atoms with Crippen molar-refractivity contribution in [3.8, 4) is 0 Å². The van der Waals surface area contributed by atoms with E-state index in [1.807, 2.05) is 0 Å². The Morgan fingerprint density at radius 2 is 2.08 bits per heavy atom. The molecule has 0 aromatic rings. The largest absolute Gasteiger partial charge is 0.310 e. The van der Waals surface area contributed by atoms with E-state index in [-0.39, 0.29) is 5.54 Å². The predicted octanol–water partition coefficient (Wildman–Crippen LogP) is 2.33. The first-order chi connectivity index (χ1) is 6.33. The molecule has 1 rings (SSSR count). The molecule has 0 heterocycles. The summed E-state index contributed by atoms with van der Waals surface area (Å²) >= 11 is 0. The maximum atomic E-state index is 9.87. The zero-order chi connectivity index (χ0) is 9.57. The zero-order valence-corrected chi connectivity index (χ0v) is 7.75. The Morgan fingerprint density at radius 1 is 1.38 bits per heavy atom. The van der Waals surface area contributed by atoms with Crippen LogP contribution in [-0.4, -0.2) is 18.2 Å². The van der Waals surface area contributed by atoms with Crippen molar-refractivity contribution >= 4 is 6.08 Å². The van der Waals surface area contributed by atoms with Gasteiger partial charge in [0.15, 0.2) is 0 Å². The minimum Gasteiger partial charge on any atom is -0.310 e. The van der Waals surface area contributed by atoms with E-state index in [1.165, 1.54) is 12.5 Å². The van der Waals surface area contributed by atoms with Crippen molar-refractivity contribution in [3.63, 3.8) is 0 Å². The molecule has 0 bridgehead atoms. The van der Waals surface area contributed by atoms with Gasteiger partial charge in [0, 0.05) is 19.3 Å². The minimum atomic E-state index is -0.210. The third-order valence-electron chi connectivity index (χ3n) is 2.77. The average Bonchev–Trinajstić information content (AvgIpc) is 2.20. The fourth-order valence-electron chi connectivity index (χ4n) is 1.94. The number of hydrogen-bond acceptors (Lipinski definition) is 2. The van der Waals surface area contributed by atoms with Crippen LogP contribution in [0.5, 0.6) is 0 Å². The summed E-state index contributed by atoms with van der Waals surface area (Å²) in [5.74, 6) is 0. The predicted molar refractivity (Wildman–Crippen MR) is 50.0 cm³/mol. The molecule has 13 heavy (non-hydrogen) atoms. The van der Waals surface area contributed by atoms with E-state index in [2.05, 4.69) is 9.84 Å². The van der Waals surface area contributed by atoms with Gasteiger partial charge in [0.05, 0.1) is 6.54 Å². The van der Waals surface area contributed by atoms with Gasteiger partial charge in [-0.15, -0.1) is 0 Å². The zero-order valence-electron chi connectivity index (χ0n) is 7.75. The second kappa shape index (κ2) is 4.79. The SMILES string of the molecule is [C-]#[N+]C1(CCN=C=O)CCCCC1. The summed E-state index contributed by atoms with van der Waals surface area (Å²) < 4.78 is 0. The molecule has 0 atom stereocenters. The van der Waals surface area contributed by atoms with E-state index >= 15 is 0 Å². The molecule has 3 heteroatoms. The molecule has 0 aromatic heterocycles. The number of nitrogens with zero attached hydrogens (tertiary/aromatic N) is 2. The Morgan fingerprint density at radius 3 is 2.62 bits per heavy atom. The summed E-state index contributed by atoms with van der Waals surface area (Å²) in [6.07, 6.45) is 7.74. The van der Waals surface area contributed by atoms with Crippen LogP contribution < -0.4 is 0 Å². The van der Waals surface area contributed by atoms with Crippen LogP contribution in [0.2, 0.25) is 0 Å². The van der Waals surface area contributed by atoms with Crippen LogP contribution in [0.3, 0.4) is 0 Å². The lowest BCUT2D eigenvalue weighted by molar-refractivity contribution is 0.330. The average molecular weight is 178 g/mol. The molecule has 0 N–H and O–H groups in total. The first kappa shape index (κ1) is 9.95. The lowest BCUT2D eigenvalue weighted by Gasteiger charge is -2.25. The normalized spacial score (nSPS) is 19.9. The van der Waals surface area contributed by atoms with Crippen molar-refractivity contribution < 1.29 is 4.79 Å². The van der Waals surface area contributed by atoms with Gasteiger partial charge in [-0.05, 0) is 12.8 Å². The second-order valence-corrected chi connectivity index (χ2v) is 3.62. The van der Waals surface area contributed by atoms with Crippen molar-refractivity contribution in [2.24, 2.45) is 4.99 Å². The van der Waals surface area contributed by atoms with E-state index in [1.54, 1.807) is 0 Å². The van der Waals surface area contributed by atoms with Gasteiger partial charge in [0.25, 0.3) is 0 Å². The number of aliphatic imine (C=N–C) groups is 1. The monoisotopic (exact) mass is 178 g/mol. The molecule has 3 nitrogen and oxygen atoms in total. The van der Waals surface area contributed by atoms with Crippen LogP contribution in [0, 0.1) is 6.57 Å². The van der Waals surface area contributed by atoms with E-state index < -0.39 is 0 Å². The molecule has 0 aliphatic heterocycles.